The highest BCUT2D eigenvalue weighted by molar-refractivity contribution is 5.99. The maximum absolute atomic E-state index is 11.4. The van der Waals surface area contributed by atoms with Crippen molar-refractivity contribution in [2.24, 2.45) is 0 Å². The van der Waals surface area contributed by atoms with Crippen molar-refractivity contribution in [2.45, 2.75) is 13.8 Å². The van der Waals surface area contributed by atoms with Gasteiger partial charge in [-0.15, -0.1) is 0 Å². The van der Waals surface area contributed by atoms with Crippen LogP contribution in [0.1, 0.15) is 31.8 Å². The van der Waals surface area contributed by atoms with Crippen molar-refractivity contribution >= 4 is 12.3 Å². The molecule has 0 saturated carbocycles. The second-order valence-corrected chi connectivity index (χ2v) is 3.08. The van der Waals surface area contributed by atoms with Crippen molar-refractivity contribution < 1.29 is 14.3 Å². The molecule has 0 spiro atoms. The van der Waals surface area contributed by atoms with Gasteiger partial charge in [-0.05, 0) is 25.0 Å². The Balaban J connectivity index is 3.42. The summed E-state index contributed by atoms with van der Waals surface area (Å²) in [5, 5.41) is 0. The summed E-state index contributed by atoms with van der Waals surface area (Å²) in [6.07, 6.45) is 0.665. The molecule has 0 unspecified atom stereocenters. The van der Waals surface area contributed by atoms with Gasteiger partial charge in [0.15, 0.2) is 6.29 Å². The van der Waals surface area contributed by atoms with E-state index >= 15 is 0 Å². The summed E-state index contributed by atoms with van der Waals surface area (Å²) in [6.45, 7) is 3.69. The monoisotopic (exact) mass is 192 g/mol. The molecule has 3 heteroatoms. The van der Waals surface area contributed by atoms with Crippen LogP contribution in [0.25, 0.3) is 0 Å². The predicted molar refractivity (Wildman–Crippen MR) is 52.6 cm³/mol. The number of carbonyl (C=O) groups is 2. The van der Waals surface area contributed by atoms with Gasteiger partial charge < -0.3 is 4.74 Å². The maximum Gasteiger partial charge on any atom is 0.338 e. The van der Waals surface area contributed by atoms with Crippen LogP contribution in [-0.4, -0.2) is 19.4 Å². The first-order valence-corrected chi connectivity index (χ1v) is 4.25. The highest BCUT2D eigenvalue weighted by atomic mass is 16.5. The predicted octanol–water partition coefficient (Wildman–Crippen LogP) is 1.90. The van der Waals surface area contributed by atoms with Gasteiger partial charge in [-0.25, -0.2) is 4.79 Å². The molecule has 0 heterocycles. The average Bonchev–Trinajstić information content (AvgIpc) is 2.20. The number of carbonyl (C=O) groups excluding carboxylic acids is 2. The number of ether oxygens (including phenoxy) is 1. The van der Waals surface area contributed by atoms with Gasteiger partial charge in [0, 0.05) is 5.56 Å². The lowest BCUT2D eigenvalue weighted by molar-refractivity contribution is 0.0597. The van der Waals surface area contributed by atoms with Gasteiger partial charge in [0.05, 0.1) is 12.7 Å². The van der Waals surface area contributed by atoms with Crippen LogP contribution in [0.15, 0.2) is 12.1 Å². The second-order valence-electron chi connectivity index (χ2n) is 3.08. The number of hydrogen-bond donors (Lipinski definition) is 0. The zero-order chi connectivity index (χ0) is 10.7. The molecule has 1 aromatic rings. The molecule has 0 aliphatic heterocycles. The van der Waals surface area contributed by atoms with Crippen LogP contribution >= 0.6 is 0 Å². The molecule has 0 atom stereocenters. The summed E-state index contributed by atoms with van der Waals surface area (Å²) in [7, 11) is 1.30. The molecule has 0 aliphatic rings. The molecule has 0 N–H and O–H groups in total. The molecule has 0 saturated heterocycles. The van der Waals surface area contributed by atoms with Crippen molar-refractivity contribution in [2.75, 3.05) is 7.11 Å². The van der Waals surface area contributed by atoms with Gasteiger partial charge in [0.25, 0.3) is 0 Å². The Morgan fingerprint density at radius 1 is 1.36 bits per heavy atom. The van der Waals surface area contributed by atoms with E-state index < -0.39 is 5.97 Å². The molecular weight excluding hydrogens is 180 g/mol. The van der Waals surface area contributed by atoms with E-state index in [-0.39, 0.29) is 0 Å². The minimum Gasteiger partial charge on any atom is -0.465 e. The zero-order valence-electron chi connectivity index (χ0n) is 8.46. The minimum absolute atomic E-state index is 0.363. The third kappa shape index (κ3) is 1.66. The van der Waals surface area contributed by atoms with E-state index in [2.05, 4.69) is 4.74 Å². The summed E-state index contributed by atoms with van der Waals surface area (Å²) in [4.78, 5) is 22.1. The number of rotatable bonds is 2. The number of benzene rings is 1. The van der Waals surface area contributed by atoms with Crippen molar-refractivity contribution in [3.8, 4) is 0 Å². The summed E-state index contributed by atoms with van der Waals surface area (Å²) in [6, 6.07) is 3.44. The molecule has 1 rings (SSSR count). The number of hydrogen-bond acceptors (Lipinski definition) is 3. The first kappa shape index (κ1) is 10.4. The number of aldehydes is 1. The molecule has 0 amide bonds. The fourth-order valence-electron chi connectivity index (χ4n) is 1.31. The summed E-state index contributed by atoms with van der Waals surface area (Å²) < 4.78 is 4.62. The van der Waals surface area contributed by atoms with Crippen molar-refractivity contribution in [3.63, 3.8) is 0 Å². The van der Waals surface area contributed by atoms with Gasteiger partial charge in [-0.1, -0.05) is 12.1 Å². The van der Waals surface area contributed by atoms with E-state index in [4.69, 9.17) is 0 Å². The van der Waals surface area contributed by atoms with Crippen LogP contribution in [-0.2, 0) is 4.74 Å². The molecule has 3 nitrogen and oxygen atoms in total. The van der Waals surface area contributed by atoms with E-state index in [0.29, 0.717) is 17.4 Å². The Bertz CT molecular complexity index is 380. The van der Waals surface area contributed by atoms with Crippen molar-refractivity contribution in [1.82, 2.24) is 0 Å². The average molecular weight is 192 g/mol. The smallest absolute Gasteiger partial charge is 0.338 e. The van der Waals surface area contributed by atoms with E-state index in [1.165, 1.54) is 7.11 Å². The molecule has 1 aromatic carbocycles. The Labute approximate surface area is 82.7 Å². The Morgan fingerprint density at radius 3 is 2.50 bits per heavy atom. The second kappa shape index (κ2) is 4.05. The zero-order valence-corrected chi connectivity index (χ0v) is 8.46. The van der Waals surface area contributed by atoms with Gasteiger partial charge in [-0.3, -0.25) is 4.79 Å². The SMILES string of the molecule is COC(=O)c1c(C=O)ccc(C)c1C. The lowest BCUT2D eigenvalue weighted by Crippen LogP contribution is -2.08. The van der Waals surface area contributed by atoms with E-state index in [0.717, 1.165) is 11.1 Å². The number of esters is 1. The van der Waals surface area contributed by atoms with Crippen molar-refractivity contribution in [3.05, 3.63) is 34.4 Å². The first-order valence-electron chi connectivity index (χ1n) is 4.25. The molecule has 14 heavy (non-hydrogen) atoms. The van der Waals surface area contributed by atoms with Crippen molar-refractivity contribution in [1.29, 1.82) is 0 Å². The summed E-state index contributed by atoms with van der Waals surface area (Å²) >= 11 is 0. The normalized spacial score (nSPS) is 9.64. The number of methoxy groups -OCH3 is 1. The molecule has 0 aromatic heterocycles. The third-order valence-corrected chi connectivity index (χ3v) is 2.28. The molecule has 0 radical (unpaired) electrons. The molecule has 0 fully saturated rings. The van der Waals surface area contributed by atoms with Crippen LogP contribution < -0.4 is 0 Å². The van der Waals surface area contributed by atoms with Crippen LogP contribution in [0.5, 0.6) is 0 Å². The molecule has 0 bridgehead atoms. The topological polar surface area (TPSA) is 43.4 Å². The maximum atomic E-state index is 11.4. The minimum atomic E-state index is -0.465. The highest BCUT2D eigenvalue weighted by Crippen LogP contribution is 2.17. The van der Waals surface area contributed by atoms with Crippen LogP contribution in [0.2, 0.25) is 0 Å². The Kier molecular flexibility index (Phi) is 3.02. The molecular formula is C11H12O3. The first-order chi connectivity index (χ1) is 6.61. The van der Waals surface area contributed by atoms with E-state index in [9.17, 15) is 9.59 Å². The van der Waals surface area contributed by atoms with Crippen LogP contribution in [0, 0.1) is 13.8 Å². The fourth-order valence-corrected chi connectivity index (χ4v) is 1.31. The Morgan fingerprint density at radius 2 is 2.00 bits per heavy atom. The summed E-state index contributed by atoms with van der Waals surface area (Å²) in [5.74, 6) is -0.465. The molecule has 0 aliphatic carbocycles. The third-order valence-electron chi connectivity index (χ3n) is 2.28. The van der Waals surface area contributed by atoms with Crippen LogP contribution in [0.4, 0.5) is 0 Å². The number of aryl methyl sites for hydroxylation is 1. The quantitative estimate of drug-likeness (QED) is 0.531. The van der Waals surface area contributed by atoms with E-state index in [1.54, 1.807) is 13.0 Å². The van der Waals surface area contributed by atoms with Gasteiger partial charge in [-0.2, -0.15) is 0 Å². The molecule has 74 valence electrons. The lowest BCUT2D eigenvalue weighted by Gasteiger charge is -2.08. The van der Waals surface area contributed by atoms with Gasteiger partial charge in [0.1, 0.15) is 0 Å². The van der Waals surface area contributed by atoms with Gasteiger partial charge in [0.2, 0.25) is 0 Å². The largest absolute Gasteiger partial charge is 0.465 e. The van der Waals surface area contributed by atoms with E-state index in [1.807, 2.05) is 13.0 Å². The van der Waals surface area contributed by atoms with Crippen LogP contribution in [0.3, 0.4) is 0 Å². The highest BCUT2D eigenvalue weighted by Gasteiger charge is 2.15. The standard InChI is InChI=1S/C11H12O3/c1-7-4-5-9(6-12)10(8(7)2)11(13)14-3/h4-6H,1-3H3. The van der Waals surface area contributed by atoms with Gasteiger partial charge >= 0.3 is 5.97 Å². The lowest BCUT2D eigenvalue weighted by atomic mass is 9.98. The summed E-state index contributed by atoms with van der Waals surface area (Å²) in [5.41, 5.74) is 2.50. The Hall–Kier alpha value is -1.64. The fraction of sp³-hybridized carbons (Fsp3) is 0.273.